The van der Waals surface area contributed by atoms with Gasteiger partial charge < -0.3 is 10.4 Å². The molecule has 1 aromatic carbocycles. The van der Waals surface area contributed by atoms with Crippen LogP contribution in [0.3, 0.4) is 0 Å². The summed E-state index contributed by atoms with van der Waals surface area (Å²) in [6.45, 7) is 4.27. The first-order valence-electron chi connectivity index (χ1n) is 8.12. The van der Waals surface area contributed by atoms with E-state index in [1.807, 2.05) is 16.6 Å². The highest BCUT2D eigenvalue weighted by Gasteiger charge is 2.19. The highest BCUT2D eigenvalue weighted by atomic mass is 16.3. The Kier molecular flexibility index (Phi) is 4.63. The average Bonchev–Trinajstić information content (AvgIpc) is 2.81. The lowest BCUT2D eigenvalue weighted by Gasteiger charge is -2.29. The van der Waals surface area contributed by atoms with E-state index in [-0.39, 0.29) is 12.0 Å². The number of aryl methyl sites for hydroxylation is 2. The second-order valence-electron chi connectivity index (χ2n) is 6.40. The molecular weight excluding hydrogens is 292 g/mol. The molecule has 1 fully saturated rings. The Hall–Kier alpha value is -1.92. The van der Waals surface area contributed by atoms with Gasteiger partial charge in [-0.2, -0.15) is 5.10 Å². The van der Waals surface area contributed by atoms with Gasteiger partial charge in [-0.1, -0.05) is 11.6 Å². The van der Waals surface area contributed by atoms with Crippen LogP contribution in [-0.2, 0) is 18.4 Å². The molecule has 3 rings (SSSR count). The molecule has 1 aromatic heterocycles. The number of aliphatic hydroxyl groups is 1. The summed E-state index contributed by atoms with van der Waals surface area (Å²) in [6, 6.07) is 6.22. The number of hydrogen-bond acceptors (Lipinski definition) is 4. The number of carbonyl (C=O) groups is 1. The molecule has 1 amide bonds. The van der Waals surface area contributed by atoms with Crippen LogP contribution in [0.2, 0.25) is 0 Å². The van der Waals surface area contributed by atoms with Gasteiger partial charge in [-0.3, -0.25) is 14.4 Å². The molecule has 124 valence electrons. The summed E-state index contributed by atoms with van der Waals surface area (Å²) in [4.78, 5) is 14.1. The Balaban J connectivity index is 1.62. The molecule has 2 N–H and O–H groups in total. The molecule has 0 radical (unpaired) electrons. The first-order chi connectivity index (χ1) is 11.0. The van der Waals surface area contributed by atoms with Crippen LogP contribution in [0.1, 0.15) is 24.1 Å². The van der Waals surface area contributed by atoms with Crippen LogP contribution in [0.4, 0.5) is 0 Å². The van der Waals surface area contributed by atoms with E-state index in [2.05, 4.69) is 35.5 Å². The Bertz CT molecular complexity index is 710. The average molecular weight is 316 g/mol. The van der Waals surface area contributed by atoms with E-state index in [9.17, 15) is 9.90 Å². The summed E-state index contributed by atoms with van der Waals surface area (Å²) >= 11 is 0. The van der Waals surface area contributed by atoms with E-state index >= 15 is 0 Å². The van der Waals surface area contributed by atoms with Crippen LogP contribution in [-0.4, -0.2) is 51.4 Å². The predicted octanol–water partition coefficient (Wildman–Crippen LogP) is 0.955. The van der Waals surface area contributed by atoms with Crippen molar-refractivity contribution in [2.75, 3.05) is 19.6 Å². The number of aliphatic hydroxyl groups excluding tert-OH is 1. The molecule has 1 saturated heterocycles. The number of fused-ring (bicyclic) bond motifs is 1. The van der Waals surface area contributed by atoms with Gasteiger partial charge in [0.05, 0.1) is 30.4 Å². The maximum absolute atomic E-state index is 12.1. The number of β-amino-alcohol motifs (C(OH)–C–C–N with tert-alkyl or cyclic N) is 1. The highest BCUT2D eigenvalue weighted by molar-refractivity contribution is 5.83. The van der Waals surface area contributed by atoms with Crippen molar-refractivity contribution < 1.29 is 9.90 Å². The molecule has 0 aliphatic carbocycles. The van der Waals surface area contributed by atoms with Crippen molar-refractivity contribution in [3.05, 3.63) is 29.5 Å². The number of amides is 1. The van der Waals surface area contributed by atoms with Gasteiger partial charge in [0.2, 0.25) is 5.91 Å². The normalized spacial score (nSPS) is 19.2. The molecule has 6 nitrogen and oxygen atoms in total. The van der Waals surface area contributed by atoms with Crippen LogP contribution >= 0.6 is 0 Å². The molecule has 1 atom stereocenters. The summed E-state index contributed by atoms with van der Waals surface area (Å²) in [5, 5.41) is 18.2. The second kappa shape index (κ2) is 6.68. The van der Waals surface area contributed by atoms with Crippen LogP contribution in [0.25, 0.3) is 10.9 Å². The van der Waals surface area contributed by atoms with Gasteiger partial charge in [-0.15, -0.1) is 0 Å². The molecule has 23 heavy (non-hydrogen) atoms. The zero-order chi connectivity index (χ0) is 16.4. The van der Waals surface area contributed by atoms with Gasteiger partial charge in [0, 0.05) is 19.0 Å². The lowest BCUT2D eigenvalue weighted by Crippen LogP contribution is -2.44. The minimum atomic E-state index is -0.306. The smallest absolute Gasteiger partial charge is 0.234 e. The molecule has 0 bridgehead atoms. The zero-order valence-electron chi connectivity index (χ0n) is 13.7. The lowest BCUT2D eigenvalue weighted by atomic mass is 10.1. The number of aromatic nitrogens is 2. The summed E-state index contributed by atoms with van der Waals surface area (Å²) in [7, 11) is 1.91. The van der Waals surface area contributed by atoms with Crippen LogP contribution < -0.4 is 5.32 Å². The van der Waals surface area contributed by atoms with Gasteiger partial charge in [-0.05, 0) is 38.4 Å². The fourth-order valence-electron chi connectivity index (χ4n) is 3.20. The zero-order valence-corrected chi connectivity index (χ0v) is 13.7. The Labute approximate surface area is 136 Å². The summed E-state index contributed by atoms with van der Waals surface area (Å²) in [5.41, 5.74) is 3.14. The van der Waals surface area contributed by atoms with E-state index in [4.69, 9.17) is 0 Å². The van der Waals surface area contributed by atoms with Crippen molar-refractivity contribution in [2.24, 2.45) is 7.05 Å². The maximum atomic E-state index is 12.1. The van der Waals surface area contributed by atoms with Crippen molar-refractivity contribution in [3.8, 4) is 0 Å². The van der Waals surface area contributed by atoms with Crippen molar-refractivity contribution in [2.45, 2.75) is 32.4 Å². The number of rotatable bonds is 4. The van der Waals surface area contributed by atoms with Gasteiger partial charge in [0.15, 0.2) is 0 Å². The summed E-state index contributed by atoms with van der Waals surface area (Å²) in [5.74, 6) is -0.0226. The Morgan fingerprint density at radius 1 is 1.48 bits per heavy atom. The fraction of sp³-hybridized carbons (Fsp3) is 0.529. The van der Waals surface area contributed by atoms with Crippen LogP contribution in [0.5, 0.6) is 0 Å². The molecule has 2 aromatic rings. The number of hydrogen-bond donors (Lipinski definition) is 2. The van der Waals surface area contributed by atoms with E-state index in [1.165, 1.54) is 5.56 Å². The number of benzene rings is 1. The molecular formula is C17H24N4O2. The van der Waals surface area contributed by atoms with Crippen molar-refractivity contribution in [3.63, 3.8) is 0 Å². The molecule has 1 unspecified atom stereocenters. The second-order valence-corrected chi connectivity index (χ2v) is 6.40. The van der Waals surface area contributed by atoms with Crippen LogP contribution in [0, 0.1) is 6.92 Å². The minimum Gasteiger partial charge on any atom is -0.392 e. The number of nitrogens with one attached hydrogen (secondary N) is 1. The SMILES string of the molecule is Cc1ccc2c(c1)c(CNC(=O)CN1CCCC(O)C1)nn2C. The summed E-state index contributed by atoms with van der Waals surface area (Å²) < 4.78 is 1.84. The van der Waals surface area contributed by atoms with Crippen molar-refractivity contribution in [1.82, 2.24) is 20.0 Å². The quantitative estimate of drug-likeness (QED) is 0.881. The van der Waals surface area contributed by atoms with Gasteiger partial charge >= 0.3 is 0 Å². The van der Waals surface area contributed by atoms with E-state index in [0.29, 0.717) is 19.6 Å². The first kappa shape index (κ1) is 16.0. The molecule has 6 heteroatoms. The van der Waals surface area contributed by atoms with Crippen molar-refractivity contribution >= 4 is 16.8 Å². The fourth-order valence-corrected chi connectivity index (χ4v) is 3.20. The minimum absolute atomic E-state index is 0.0226. The Morgan fingerprint density at radius 3 is 3.09 bits per heavy atom. The topological polar surface area (TPSA) is 70.4 Å². The number of likely N-dealkylation sites (tertiary alicyclic amines) is 1. The standard InChI is InChI=1S/C17H24N4O2/c1-12-5-6-16-14(8-12)15(19-20(16)2)9-18-17(23)11-21-7-3-4-13(22)10-21/h5-6,8,13,22H,3-4,7,9-11H2,1-2H3,(H,18,23). The summed E-state index contributed by atoms with van der Waals surface area (Å²) in [6.07, 6.45) is 1.47. The molecule has 0 saturated carbocycles. The first-order valence-corrected chi connectivity index (χ1v) is 8.12. The van der Waals surface area contributed by atoms with E-state index < -0.39 is 0 Å². The molecule has 1 aliphatic heterocycles. The van der Waals surface area contributed by atoms with Gasteiger partial charge in [-0.25, -0.2) is 0 Å². The van der Waals surface area contributed by atoms with Gasteiger partial charge in [0.25, 0.3) is 0 Å². The molecule has 1 aliphatic rings. The number of nitrogens with zero attached hydrogens (tertiary/aromatic N) is 3. The van der Waals surface area contributed by atoms with Gasteiger partial charge in [0.1, 0.15) is 0 Å². The predicted molar refractivity (Wildman–Crippen MR) is 89.0 cm³/mol. The number of piperidine rings is 1. The largest absolute Gasteiger partial charge is 0.392 e. The Morgan fingerprint density at radius 2 is 2.30 bits per heavy atom. The third kappa shape index (κ3) is 3.71. The molecule has 2 heterocycles. The molecule has 0 spiro atoms. The monoisotopic (exact) mass is 316 g/mol. The highest BCUT2D eigenvalue weighted by Crippen LogP contribution is 2.19. The lowest BCUT2D eigenvalue weighted by molar-refractivity contribution is -0.123. The van der Waals surface area contributed by atoms with E-state index in [0.717, 1.165) is 36.0 Å². The van der Waals surface area contributed by atoms with Crippen LogP contribution in [0.15, 0.2) is 18.2 Å². The third-order valence-corrected chi connectivity index (χ3v) is 4.38. The number of carbonyl (C=O) groups excluding carboxylic acids is 1. The third-order valence-electron chi connectivity index (χ3n) is 4.38. The maximum Gasteiger partial charge on any atom is 0.234 e. The van der Waals surface area contributed by atoms with E-state index in [1.54, 1.807) is 0 Å². The van der Waals surface area contributed by atoms with Crippen molar-refractivity contribution in [1.29, 1.82) is 0 Å².